The minimum atomic E-state index is -3.75. The molecule has 7 nitrogen and oxygen atoms in total. The van der Waals surface area contributed by atoms with E-state index in [9.17, 15) is 18.0 Å². The van der Waals surface area contributed by atoms with Gasteiger partial charge in [0, 0.05) is 13.1 Å². The van der Waals surface area contributed by atoms with Gasteiger partial charge in [-0.3, -0.25) is 14.9 Å². The average Bonchev–Trinajstić information content (AvgIpc) is 3.01. The van der Waals surface area contributed by atoms with Crippen LogP contribution in [-0.2, 0) is 19.6 Å². The highest BCUT2D eigenvalue weighted by Crippen LogP contribution is 2.34. The third-order valence-corrected chi connectivity index (χ3v) is 6.29. The van der Waals surface area contributed by atoms with Crippen LogP contribution in [0.1, 0.15) is 11.1 Å². The molecule has 1 N–H and O–H groups in total. The fourth-order valence-electron chi connectivity index (χ4n) is 3.33. The summed E-state index contributed by atoms with van der Waals surface area (Å²) in [6.45, 7) is 3.63. The van der Waals surface area contributed by atoms with Crippen molar-refractivity contribution in [2.75, 3.05) is 20.2 Å². The van der Waals surface area contributed by atoms with E-state index in [4.69, 9.17) is 4.74 Å². The Hall–Kier alpha value is -1.93. The van der Waals surface area contributed by atoms with E-state index in [0.717, 1.165) is 11.1 Å². The number of fused-ring (bicyclic) bond motifs is 1. The second kappa shape index (κ2) is 5.31. The van der Waals surface area contributed by atoms with Crippen LogP contribution in [0.15, 0.2) is 17.0 Å². The summed E-state index contributed by atoms with van der Waals surface area (Å²) >= 11 is 0. The largest absolute Gasteiger partial charge is 0.496 e. The summed E-state index contributed by atoms with van der Waals surface area (Å²) in [5.41, 5.74) is 1.44. The molecule has 2 heterocycles. The highest BCUT2D eigenvalue weighted by atomic mass is 32.2. The summed E-state index contributed by atoms with van der Waals surface area (Å²) in [5.74, 6) is -1.30. The summed E-state index contributed by atoms with van der Waals surface area (Å²) in [5, 5.41) is 2.25. The molecule has 2 saturated heterocycles. The van der Waals surface area contributed by atoms with Crippen molar-refractivity contribution in [1.29, 1.82) is 0 Å². The van der Waals surface area contributed by atoms with Gasteiger partial charge in [0.25, 0.3) is 0 Å². The maximum Gasteiger partial charge on any atom is 0.243 e. The van der Waals surface area contributed by atoms with Gasteiger partial charge in [-0.15, -0.1) is 0 Å². The van der Waals surface area contributed by atoms with Gasteiger partial charge in [-0.1, -0.05) is 0 Å². The fraction of sp³-hybridized carbons (Fsp3) is 0.467. The summed E-state index contributed by atoms with van der Waals surface area (Å²) in [6, 6.07) is 3.11. The Morgan fingerprint density at radius 1 is 1.09 bits per heavy atom. The van der Waals surface area contributed by atoms with Gasteiger partial charge < -0.3 is 4.74 Å². The molecule has 2 aliphatic rings. The highest BCUT2D eigenvalue weighted by Gasteiger charge is 2.50. The molecule has 2 atom stereocenters. The van der Waals surface area contributed by atoms with Gasteiger partial charge in [0.15, 0.2) is 0 Å². The molecule has 1 aromatic rings. The third kappa shape index (κ3) is 2.42. The molecule has 0 bridgehead atoms. The lowest BCUT2D eigenvalue weighted by atomic mass is 10.00. The van der Waals surface area contributed by atoms with Crippen LogP contribution in [0.3, 0.4) is 0 Å². The van der Waals surface area contributed by atoms with Gasteiger partial charge >= 0.3 is 0 Å². The number of benzene rings is 1. The minimum absolute atomic E-state index is 0.0364. The number of carbonyl (C=O) groups excluding carboxylic acids is 2. The zero-order chi connectivity index (χ0) is 16.9. The molecule has 2 amide bonds. The molecule has 0 radical (unpaired) electrons. The molecule has 2 fully saturated rings. The molecule has 0 unspecified atom stereocenters. The Kier molecular flexibility index (Phi) is 3.68. The normalized spacial score (nSPS) is 24.7. The molecule has 0 aromatic heterocycles. The molecule has 0 spiro atoms. The van der Waals surface area contributed by atoms with Crippen molar-refractivity contribution in [3.05, 3.63) is 23.3 Å². The monoisotopic (exact) mass is 338 g/mol. The number of nitrogens with zero attached hydrogens (tertiary/aromatic N) is 1. The van der Waals surface area contributed by atoms with Gasteiger partial charge in [0.2, 0.25) is 21.8 Å². The van der Waals surface area contributed by atoms with Crippen LogP contribution in [0.25, 0.3) is 0 Å². The Labute approximate surface area is 134 Å². The Morgan fingerprint density at radius 3 is 2.00 bits per heavy atom. The predicted molar refractivity (Wildman–Crippen MR) is 81.4 cm³/mol. The number of ether oxygens (including phenoxy) is 1. The summed E-state index contributed by atoms with van der Waals surface area (Å²) < 4.78 is 32.1. The predicted octanol–water partition coefficient (Wildman–Crippen LogP) is 0.205. The average molecular weight is 338 g/mol. The van der Waals surface area contributed by atoms with Crippen LogP contribution in [0, 0.1) is 25.7 Å². The number of hydrogen-bond donors (Lipinski definition) is 1. The van der Waals surface area contributed by atoms with Crippen LogP contribution in [0.2, 0.25) is 0 Å². The van der Waals surface area contributed by atoms with Gasteiger partial charge in [0.05, 0.1) is 23.8 Å². The Bertz CT molecular complexity index is 757. The van der Waals surface area contributed by atoms with Gasteiger partial charge in [-0.25, -0.2) is 8.42 Å². The van der Waals surface area contributed by atoms with Gasteiger partial charge in [-0.2, -0.15) is 4.31 Å². The second-order valence-electron chi connectivity index (χ2n) is 5.98. The molecule has 2 aliphatic heterocycles. The summed E-state index contributed by atoms with van der Waals surface area (Å²) in [4.78, 5) is 23.5. The minimum Gasteiger partial charge on any atom is -0.496 e. The lowest BCUT2D eigenvalue weighted by Gasteiger charge is -2.19. The number of imide groups is 1. The molecule has 0 saturated carbocycles. The molecule has 3 rings (SSSR count). The number of methoxy groups -OCH3 is 1. The van der Waals surface area contributed by atoms with Crippen molar-refractivity contribution in [3.8, 4) is 5.75 Å². The van der Waals surface area contributed by atoms with E-state index in [1.807, 2.05) is 0 Å². The number of rotatable bonds is 3. The zero-order valence-electron chi connectivity index (χ0n) is 13.1. The zero-order valence-corrected chi connectivity index (χ0v) is 13.9. The van der Waals surface area contributed by atoms with Crippen molar-refractivity contribution >= 4 is 21.8 Å². The quantitative estimate of drug-likeness (QED) is 0.795. The van der Waals surface area contributed by atoms with E-state index in [2.05, 4.69) is 5.32 Å². The van der Waals surface area contributed by atoms with E-state index in [1.165, 1.54) is 11.4 Å². The third-order valence-electron chi connectivity index (χ3n) is 4.48. The molecular formula is C15H18N2O5S. The Morgan fingerprint density at radius 2 is 1.57 bits per heavy atom. The first kappa shape index (κ1) is 15.9. The molecule has 0 aliphatic carbocycles. The van der Waals surface area contributed by atoms with Crippen LogP contribution in [-0.4, -0.2) is 44.7 Å². The first-order chi connectivity index (χ1) is 10.8. The summed E-state index contributed by atoms with van der Waals surface area (Å²) in [6.07, 6.45) is 0. The van der Waals surface area contributed by atoms with E-state index in [0.29, 0.717) is 5.75 Å². The van der Waals surface area contributed by atoms with Crippen LogP contribution in [0.5, 0.6) is 5.75 Å². The molecular weight excluding hydrogens is 320 g/mol. The lowest BCUT2D eigenvalue weighted by molar-refractivity contribution is -0.126. The van der Waals surface area contributed by atoms with Crippen molar-refractivity contribution in [2.45, 2.75) is 18.7 Å². The van der Waals surface area contributed by atoms with Gasteiger partial charge in [-0.05, 0) is 37.1 Å². The number of nitrogens with one attached hydrogen (secondary N) is 1. The van der Waals surface area contributed by atoms with E-state index in [1.54, 1.807) is 26.0 Å². The smallest absolute Gasteiger partial charge is 0.243 e. The molecule has 8 heteroatoms. The van der Waals surface area contributed by atoms with Crippen LogP contribution >= 0.6 is 0 Å². The standard InChI is InChI=1S/C15H18N2O5S/c1-8-4-10(5-9(2)13(8)22-3)23(20,21)17-6-11-12(7-17)15(19)16-14(11)18/h4-5,11-12H,6-7H2,1-3H3,(H,16,18,19)/t11-,12+. The van der Waals surface area contributed by atoms with Crippen molar-refractivity contribution in [3.63, 3.8) is 0 Å². The first-order valence-electron chi connectivity index (χ1n) is 7.25. The first-order valence-corrected chi connectivity index (χ1v) is 8.70. The van der Waals surface area contributed by atoms with Crippen molar-refractivity contribution in [2.24, 2.45) is 11.8 Å². The number of amides is 2. The molecule has 1 aromatic carbocycles. The molecule has 124 valence electrons. The number of sulfonamides is 1. The van der Waals surface area contributed by atoms with Crippen LogP contribution < -0.4 is 10.1 Å². The van der Waals surface area contributed by atoms with Crippen LogP contribution in [0.4, 0.5) is 0 Å². The van der Waals surface area contributed by atoms with E-state index < -0.39 is 21.9 Å². The van der Waals surface area contributed by atoms with Crippen molar-refractivity contribution in [1.82, 2.24) is 9.62 Å². The lowest BCUT2D eigenvalue weighted by Crippen LogP contribution is -2.35. The molecule has 23 heavy (non-hydrogen) atoms. The fourth-order valence-corrected chi connectivity index (χ4v) is 5.00. The summed E-state index contributed by atoms with van der Waals surface area (Å²) in [7, 11) is -2.21. The van der Waals surface area contributed by atoms with E-state index >= 15 is 0 Å². The topological polar surface area (TPSA) is 92.8 Å². The number of hydrogen-bond acceptors (Lipinski definition) is 5. The number of carbonyl (C=O) groups is 2. The van der Waals surface area contributed by atoms with Gasteiger partial charge in [0.1, 0.15) is 5.75 Å². The maximum absolute atomic E-state index is 12.8. The number of aryl methyl sites for hydroxylation is 2. The van der Waals surface area contributed by atoms with Crippen molar-refractivity contribution < 1.29 is 22.7 Å². The maximum atomic E-state index is 12.8. The Balaban J connectivity index is 1.95. The highest BCUT2D eigenvalue weighted by molar-refractivity contribution is 7.89. The van der Waals surface area contributed by atoms with E-state index in [-0.39, 0.29) is 29.8 Å². The second-order valence-corrected chi connectivity index (χ2v) is 7.92. The SMILES string of the molecule is COc1c(C)cc(S(=O)(=O)N2C[C@@H]3C(=O)NC(=O)[C@@H]3C2)cc1C.